The minimum Gasteiger partial charge on any atom is -0.372 e. The highest BCUT2D eigenvalue weighted by molar-refractivity contribution is 5.92. The molecule has 0 aliphatic carbocycles. The Morgan fingerprint density at radius 3 is 2.32 bits per heavy atom. The van der Waals surface area contributed by atoms with Crippen molar-refractivity contribution >= 4 is 28.8 Å². The van der Waals surface area contributed by atoms with Gasteiger partial charge < -0.3 is 25.3 Å². The van der Waals surface area contributed by atoms with Crippen LogP contribution in [0.3, 0.4) is 0 Å². The second-order valence-electron chi connectivity index (χ2n) is 12.2. The summed E-state index contributed by atoms with van der Waals surface area (Å²) in [5.74, 6) is 0.839. The Labute approximate surface area is 258 Å². The largest absolute Gasteiger partial charge is 0.407 e. The van der Waals surface area contributed by atoms with Crippen molar-refractivity contribution in [3.05, 3.63) is 53.5 Å². The molecule has 3 saturated heterocycles. The Morgan fingerprint density at radius 1 is 1.02 bits per heavy atom. The van der Waals surface area contributed by atoms with Crippen molar-refractivity contribution in [1.82, 2.24) is 20.1 Å². The molecule has 12 heteroatoms. The molecule has 1 amide bonds. The van der Waals surface area contributed by atoms with E-state index in [1.165, 1.54) is 6.07 Å². The van der Waals surface area contributed by atoms with Crippen LogP contribution in [0.5, 0.6) is 0 Å². The van der Waals surface area contributed by atoms with Crippen molar-refractivity contribution in [2.75, 3.05) is 94.2 Å². The molecule has 9 nitrogen and oxygen atoms in total. The topological polar surface area (TPSA) is 71.3 Å². The number of pyridine rings is 1. The fourth-order valence-electron chi connectivity index (χ4n) is 6.47. The summed E-state index contributed by atoms with van der Waals surface area (Å²) < 4.78 is 40.2. The molecule has 0 bridgehead atoms. The van der Waals surface area contributed by atoms with Gasteiger partial charge in [0.2, 0.25) is 5.91 Å². The number of rotatable bonds is 9. The number of benzene rings is 1. The average molecular weight is 613 g/mol. The molecule has 0 spiro atoms. The van der Waals surface area contributed by atoms with E-state index in [2.05, 4.69) is 42.2 Å². The van der Waals surface area contributed by atoms with E-state index in [1.807, 2.05) is 23.2 Å². The number of amides is 1. The van der Waals surface area contributed by atoms with Gasteiger partial charge in [0, 0.05) is 83.6 Å². The minimum absolute atomic E-state index is 0.119. The third-order valence-electron chi connectivity index (χ3n) is 9.19. The maximum Gasteiger partial charge on any atom is 0.407 e. The summed E-state index contributed by atoms with van der Waals surface area (Å²) in [6.07, 6.45) is 0.580. The first-order valence-corrected chi connectivity index (χ1v) is 15.7. The van der Waals surface area contributed by atoms with Crippen molar-refractivity contribution < 1.29 is 18.0 Å². The summed E-state index contributed by atoms with van der Waals surface area (Å²) in [5.41, 5.74) is 0.152. The summed E-state index contributed by atoms with van der Waals surface area (Å²) in [5, 5.41) is 6.33. The molecule has 0 unspecified atom stereocenters. The number of alkyl halides is 3. The van der Waals surface area contributed by atoms with Gasteiger partial charge in [-0.3, -0.25) is 9.69 Å². The van der Waals surface area contributed by atoms with Crippen LogP contribution in [0.1, 0.15) is 31.2 Å². The van der Waals surface area contributed by atoms with E-state index in [-0.39, 0.29) is 11.8 Å². The highest BCUT2D eigenvalue weighted by atomic mass is 19.4. The molecule has 44 heavy (non-hydrogen) atoms. The van der Waals surface area contributed by atoms with E-state index in [0.717, 1.165) is 83.5 Å². The molecular weight excluding hydrogens is 569 g/mol. The van der Waals surface area contributed by atoms with Crippen LogP contribution in [-0.4, -0.2) is 99.7 Å². The van der Waals surface area contributed by atoms with Crippen LogP contribution < -0.4 is 20.4 Å². The molecule has 4 heterocycles. The summed E-state index contributed by atoms with van der Waals surface area (Å²) >= 11 is 0. The molecule has 3 aliphatic heterocycles. The molecule has 1 aromatic heterocycles. The van der Waals surface area contributed by atoms with Gasteiger partial charge >= 0.3 is 6.18 Å². The summed E-state index contributed by atoms with van der Waals surface area (Å²) in [4.78, 5) is 29.7. The monoisotopic (exact) mass is 612 g/mol. The van der Waals surface area contributed by atoms with E-state index in [9.17, 15) is 18.0 Å². The Bertz CT molecular complexity index is 1280. The van der Waals surface area contributed by atoms with Gasteiger partial charge in [-0.15, -0.1) is 0 Å². The van der Waals surface area contributed by atoms with E-state index < -0.39 is 17.4 Å². The van der Waals surface area contributed by atoms with Crippen molar-refractivity contribution in [2.24, 2.45) is 11.8 Å². The van der Waals surface area contributed by atoms with Gasteiger partial charge in [-0.1, -0.05) is 6.07 Å². The number of piperazine rings is 1. The number of likely N-dealkylation sites (N-methyl/N-ethyl adjacent to an activating group) is 1. The van der Waals surface area contributed by atoms with Crippen molar-refractivity contribution in [2.45, 2.75) is 31.9 Å². The third-order valence-corrected chi connectivity index (χ3v) is 9.19. The lowest BCUT2D eigenvalue weighted by molar-refractivity contribution is -0.136. The van der Waals surface area contributed by atoms with Crippen LogP contribution in [-0.2, 0) is 11.0 Å². The Balaban J connectivity index is 1.04. The quantitative estimate of drug-likeness (QED) is 0.403. The fourth-order valence-corrected chi connectivity index (χ4v) is 6.47. The first kappa shape index (κ1) is 32.0. The number of nitrogens with zero attached hydrogens (tertiary/aromatic N) is 6. The number of aromatic nitrogens is 1. The van der Waals surface area contributed by atoms with Crippen LogP contribution in [0.4, 0.5) is 36.1 Å². The molecule has 2 N–H and O–H groups in total. The maximum absolute atomic E-state index is 13.4. The third kappa shape index (κ3) is 8.40. The highest BCUT2D eigenvalue weighted by Gasteiger charge is 2.34. The summed E-state index contributed by atoms with van der Waals surface area (Å²) in [6, 6.07) is 7.66. The zero-order valence-corrected chi connectivity index (χ0v) is 25.5. The average Bonchev–Trinajstić information content (AvgIpc) is 3.04. The van der Waals surface area contributed by atoms with Crippen LogP contribution in [0.2, 0.25) is 0 Å². The summed E-state index contributed by atoms with van der Waals surface area (Å²) in [7, 11) is 2.23. The number of carbonyl (C=O) groups is 1. The molecule has 3 fully saturated rings. The minimum atomic E-state index is -4.59. The zero-order valence-electron chi connectivity index (χ0n) is 25.5. The molecule has 238 valence electrons. The predicted molar refractivity (Wildman–Crippen MR) is 167 cm³/mol. The van der Waals surface area contributed by atoms with E-state index in [4.69, 9.17) is 6.57 Å². The Kier molecular flexibility index (Phi) is 10.6. The van der Waals surface area contributed by atoms with E-state index >= 15 is 0 Å². The van der Waals surface area contributed by atoms with E-state index in [0.29, 0.717) is 43.4 Å². The smallest absolute Gasteiger partial charge is 0.372 e. The lowest BCUT2D eigenvalue weighted by Crippen LogP contribution is -2.46. The van der Waals surface area contributed by atoms with E-state index in [1.54, 1.807) is 6.07 Å². The maximum atomic E-state index is 13.4. The van der Waals surface area contributed by atoms with Crippen LogP contribution >= 0.6 is 0 Å². The number of nitrogens with one attached hydrogen (secondary N) is 2. The van der Waals surface area contributed by atoms with Crippen LogP contribution in [0, 0.1) is 18.4 Å². The molecular formula is C32H43F3N8O. The lowest BCUT2D eigenvalue weighted by Gasteiger charge is -2.36. The Morgan fingerprint density at radius 2 is 1.68 bits per heavy atom. The highest BCUT2D eigenvalue weighted by Crippen LogP contribution is 2.39. The van der Waals surface area contributed by atoms with Crippen molar-refractivity contribution in [3.8, 4) is 0 Å². The standard InChI is InChI=1S/C32H43F3N8O/c1-36-29-5-3-26(21-28(29)32(33,34)35)42-15-9-25(10-16-42)31(44)39-30-6-4-27(22-38-30)43-13-7-24(8-14-43)23-40(2)19-20-41-17-11-37-12-18-41/h3-6,21-22,24-25,37H,7-20,23H2,2H3,(H,38,39,44). The first-order valence-electron chi connectivity index (χ1n) is 15.7. The number of hydrogen-bond acceptors (Lipinski definition) is 7. The normalized spacial score (nSPS) is 19.3. The molecule has 2 aromatic rings. The predicted octanol–water partition coefficient (Wildman–Crippen LogP) is 4.56. The second-order valence-corrected chi connectivity index (χ2v) is 12.2. The molecule has 5 rings (SSSR count). The van der Waals surface area contributed by atoms with Gasteiger partial charge in [-0.05, 0) is 62.9 Å². The first-order chi connectivity index (χ1) is 21.2. The van der Waals surface area contributed by atoms with Gasteiger partial charge in [0.25, 0.3) is 0 Å². The fraction of sp³-hybridized carbons (Fsp3) is 0.594. The number of carbonyl (C=O) groups excluding carboxylic acids is 1. The van der Waals surface area contributed by atoms with Crippen LogP contribution in [0.15, 0.2) is 36.5 Å². The molecule has 0 radical (unpaired) electrons. The molecule has 3 aliphatic rings. The second kappa shape index (κ2) is 14.6. The molecule has 0 atom stereocenters. The number of hydrogen-bond donors (Lipinski definition) is 2. The lowest BCUT2D eigenvalue weighted by atomic mass is 9.95. The van der Waals surface area contributed by atoms with Gasteiger partial charge in [0.15, 0.2) is 5.69 Å². The summed E-state index contributed by atoms with van der Waals surface area (Å²) in [6.45, 7) is 17.8. The van der Waals surface area contributed by atoms with Crippen LogP contribution in [0.25, 0.3) is 4.85 Å². The molecule has 1 aromatic carbocycles. The SMILES string of the molecule is [C-]#[N+]c1ccc(N2CCC(C(=O)Nc3ccc(N4CCC(CN(C)CCN5CCNCC5)CC4)cn3)CC2)cc1C(F)(F)F. The molecule has 0 saturated carbocycles. The number of anilines is 3. The number of piperidine rings is 2. The van der Waals surface area contributed by atoms with Crippen molar-refractivity contribution in [3.63, 3.8) is 0 Å². The van der Waals surface area contributed by atoms with Crippen molar-refractivity contribution in [1.29, 1.82) is 0 Å². The van der Waals surface area contributed by atoms with Gasteiger partial charge in [-0.2, -0.15) is 13.2 Å². The van der Waals surface area contributed by atoms with Gasteiger partial charge in [0.05, 0.1) is 24.0 Å². The Hall–Kier alpha value is -3.40. The van der Waals surface area contributed by atoms with Gasteiger partial charge in [0.1, 0.15) is 5.82 Å². The number of halogens is 3. The van der Waals surface area contributed by atoms with Gasteiger partial charge in [-0.25, -0.2) is 9.83 Å². The zero-order chi connectivity index (χ0) is 31.1.